The number of aryl methyl sites for hydroxylation is 1. The van der Waals surface area contributed by atoms with Gasteiger partial charge in [0.2, 0.25) is 12.4 Å². The summed E-state index contributed by atoms with van der Waals surface area (Å²) in [5.41, 5.74) is 3.77. The molecule has 35 heavy (non-hydrogen) atoms. The molecule has 2 aliphatic rings. The Morgan fingerprint density at radius 2 is 1.89 bits per heavy atom. The first-order valence-corrected chi connectivity index (χ1v) is 13.4. The normalized spacial score (nSPS) is 18.2. The third-order valence-electron chi connectivity index (χ3n) is 6.39. The summed E-state index contributed by atoms with van der Waals surface area (Å²) in [5, 5.41) is 5.55. The van der Waals surface area contributed by atoms with Crippen LogP contribution in [0, 0.1) is 5.92 Å². The van der Waals surface area contributed by atoms with Crippen molar-refractivity contribution in [2.45, 2.75) is 58.9 Å². The van der Waals surface area contributed by atoms with Crippen LogP contribution in [0.4, 0.5) is 10.7 Å². The Kier molecular flexibility index (Phi) is 10.8. The molecule has 2 amide bonds. The molecule has 1 atom stereocenters. The number of allylic oxidation sites excluding steroid dienone is 1. The average molecular weight is 496 g/mol. The van der Waals surface area contributed by atoms with E-state index < -0.39 is 5.24 Å². The van der Waals surface area contributed by atoms with E-state index in [1.54, 1.807) is 6.20 Å². The van der Waals surface area contributed by atoms with E-state index in [0.717, 1.165) is 67.2 Å². The molecule has 188 valence electrons. The Bertz CT molecular complexity index is 1000. The Morgan fingerprint density at radius 1 is 1.14 bits per heavy atom. The second-order valence-electron chi connectivity index (χ2n) is 8.74. The van der Waals surface area contributed by atoms with Gasteiger partial charge in [-0.05, 0) is 91.4 Å². The fraction of sp³-hybridized carbons (Fsp3) is 0.481. The molecule has 0 radical (unpaired) electrons. The molecule has 0 saturated carbocycles. The Labute approximate surface area is 213 Å². The zero-order valence-corrected chi connectivity index (χ0v) is 21.8. The number of carbonyl (C=O) groups is 2. The quantitative estimate of drug-likeness (QED) is 0.532. The zero-order valence-electron chi connectivity index (χ0n) is 21.0. The molecule has 7 nitrogen and oxygen atoms in total. The van der Waals surface area contributed by atoms with Crippen molar-refractivity contribution >= 4 is 35.4 Å². The number of fused-ring (bicyclic) bond motifs is 1. The van der Waals surface area contributed by atoms with Crippen LogP contribution in [-0.2, 0) is 17.6 Å². The third-order valence-corrected chi connectivity index (χ3v) is 7.13. The fourth-order valence-corrected chi connectivity index (χ4v) is 5.18. The number of hydrogen-bond donors (Lipinski definition) is 2. The molecule has 1 aliphatic heterocycles. The summed E-state index contributed by atoms with van der Waals surface area (Å²) in [6.07, 6.45) is 9.76. The van der Waals surface area contributed by atoms with E-state index in [1.807, 2.05) is 32.9 Å². The van der Waals surface area contributed by atoms with Gasteiger partial charge in [-0.3, -0.25) is 14.9 Å². The maximum absolute atomic E-state index is 11.5. The van der Waals surface area contributed by atoms with Gasteiger partial charge in [-0.25, -0.2) is 9.97 Å². The Hall–Kier alpha value is -2.71. The summed E-state index contributed by atoms with van der Waals surface area (Å²) in [4.78, 5) is 34.0. The molecule has 4 rings (SSSR count). The summed E-state index contributed by atoms with van der Waals surface area (Å²) in [6.45, 7) is 8.79. The van der Waals surface area contributed by atoms with E-state index in [9.17, 15) is 9.59 Å². The van der Waals surface area contributed by atoms with Crippen LogP contribution in [0.15, 0.2) is 41.4 Å². The number of piperidine rings is 1. The van der Waals surface area contributed by atoms with E-state index in [2.05, 4.69) is 49.8 Å². The number of aromatic nitrogens is 2. The summed E-state index contributed by atoms with van der Waals surface area (Å²) in [7, 11) is 0. The van der Waals surface area contributed by atoms with E-state index in [4.69, 9.17) is 0 Å². The lowest BCUT2D eigenvalue weighted by Crippen LogP contribution is -2.42. The smallest absolute Gasteiger partial charge is 0.289 e. The molecule has 1 fully saturated rings. The van der Waals surface area contributed by atoms with Crippen molar-refractivity contribution in [2.75, 3.05) is 24.5 Å². The first kappa shape index (κ1) is 26.9. The SMILES string of the molecule is C/C(=C/c1ccnc(N2CCC(CNC3CCc4ccccc4C3)CC2)n1)SC(=O)NC=O.CC. The van der Waals surface area contributed by atoms with Crippen molar-refractivity contribution in [3.63, 3.8) is 0 Å². The molecule has 1 aromatic heterocycles. The second kappa shape index (κ2) is 14.0. The van der Waals surface area contributed by atoms with Gasteiger partial charge in [0.1, 0.15) is 0 Å². The minimum Gasteiger partial charge on any atom is -0.341 e. The molecule has 1 aliphatic carbocycles. The van der Waals surface area contributed by atoms with Crippen LogP contribution < -0.4 is 15.5 Å². The molecule has 1 aromatic carbocycles. The summed E-state index contributed by atoms with van der Waals surface area (Å²) in [5.74, 6) is 1.41. The van der Waals surface area contributed by atoms with Crippen LogP contribution in [0.3, 0.4) is 0 Å². The van der Waals surface area contributed by atoms with Crippen molar-refractivity contribution in [3.8, 4) is 0 Å². The van der Waals surface area contributed by atoms with Crippen molar-refractivity contribution in [2.24, 2.45) is 5.92 Å². The van der Waals surface area contributed by atoms with Crippen molar-refractivity contribution in [1.82, 2.24) is 20.6 Å². The number of amides is 2. The molecule has 1 unspecified atom stereocenters. The van der Waals surface area contributed by atoms with Gasteiger partial charge in [-0.15, -0.1) is 0 Å². The van der Waals surface area contributed by atoms with Crippen LogP contribution in [-0.4, -0.2) is 47.3 Å². The van der Waals surface area contributed by atoms with Crippen molar-refractivity contribution in [3.05, 3.63) is 58.3 Å². The van der Waals surface area contributed by atoms with E-state index in [-0.39, 0.29) is 0 Å². The third kappa shape index (κ3) is 8.18. The zero-order chi connectivity index (χ0) is 25.0. The Morgan fingerprint density at radius 3 is 2.63 bits per heavy atom. The highest BCUT2D eigenvalue weighted by Gasteiger charge is 2.23. The number of imide groups is 1. The monoisotopic (exact) mass is 495 g/mol. The first-order valence-electron chi connectivity index (χ1n) is 12.6. The van der Waals surface area contributed by atoms with Crippen LogP contribution in [0.5, 0.6) is 0 Å². The van der Waals surface area contributed by atoms with Gasteiger partial charge in [0.15, 0.2) is 0 Å². The van der Waals surface area contributed by atoms with Crippen molar-refractivity contribution in [1.29, 1.82) is 0 Å². The summed E-state index contributed by atoms with van der Waals surface area (Å²) < 4.78 is 0. The first-order chi connectivity index (χ1) is 17.1. The molecule has 2 aromatic rings. The van der Waals surface area contributed by atoms with E-state index in [0.29, 0.717) is 18.4 Å². The molecular formula is C27H37N5O2S. The predicted octanol–water partition coefficient (Wildman–Crippen LogP) is 4.83. The van der Waals surface area contributed by atoms with Gasteiger partial charge in [0, 0.05) is 25.3 Å². The summed E-state index contributed by atoms with van der Waals surface area (Å²) in [6, 6.07) is 11.2. The molecule has 8 heteroatoms. The Balaban J connectivity index is 0.00000167. The lowest BCUT2D eigenvalue weighted by Gasteiger charge is -2.33. The van der Waals surface area contributed by atoms with Gasteiger partial charge in [0.25, 0.3) is 5.24 Å². The molecular weight excluding hydrogens is 458 g/mol. The van der Waals surface area contributed by atoms with E-state index >= 15 is 0 Å². The minimum absolute atomic E-state index is 0.388. The number of carbonyl (C=O) groups excluding carboxylic acids is 2. The molecule has 1 saturated heterocycles. The van der Waals surface area contributed by atoms with Crippen LogP contribution in [0.25, 0.3) is 6.08 Å². The van der Waals surface area contributed by atoms with Crippen LogP contribution >= 0.6 is 11.8 Å². The standard InChI is InChI=1S/C25H31N5O2S.C2H6/c1-18(33-25(32)28-17-31)14-23-8-11-26-24(29-23)30-12-9-19(10-13-30)16-27-22-7-6-20-4-2-3-5-21(20)15-22;1-2/h2-5,8,11,14,17,19,22,27H,6-7,9-10,12-13,15-16H2,1H3,(H,28,31,32);1-2H3/b18-14-;. The topological polar surface area (TPSA) is 87.2 Å². The van der Waals surface area contributed by atoms with Gasteiger partial charge in [-0.1, -0.05) is 38.1 Å². The molecule has 2 N–H and O–H groups in total. The molecule has 2 heterocycles. The number of nitrogens with zero attached hydrogens (tertiary/aromatic N) is 3. The highest BCUT2D eigenvalue weighted by atomic mass is 32.2. The number of thioether (sulfide) groups is 1. The lowest BCUT2D eigenvalue weighted by atomic mass is 9.87. The molecule has 0 spiro atoms. The second-order valence-corrected chi connectivity index (χ2v) is 9.95. The van der Waals surface area contributed by atoms with Crippen LogP contribution in [0.2, 0.25) is 0 Å². The summed E-state index contributed by atoms with van der Waals surface area (Å²) >= 11 is 0.973. The highest BCUT2D eigenvalue weighted by molar-refractivity contribution is 8.17. The minimum atomic E-state index is -0.402. The average Bonchev–Trinajstić information content (AvgIpc) is 2.89. The number of anilines is 1. The molecule has 0 bridgehead atoms. The lowest BCUT2D eigenvalue weighted by molar-refractivity contribution is -0.108. The maximum atomic E-state index is 11.5. The van der Waals surface area contributed by atoms with Gasteiger partial charge in [-0.2, -0.15) is 0 Å². The van der Waals surface area contributed by atoms with Crippen LogP contribution in [0.1, 0.15) is 56.9 Å². The largest absolute Gasteiger partial charge is 0.341 e. The number of benzene rings is 1. The van der Waals surface area contributed by atoms with Crippen molar-refractivity contribution < 1.29 is 9.59 Å². The van der Waals surface area contributed by atoms with E-state index in [1.165, 1.54) is 24.0 Å². The van der Waals surface area contributed by atoms with Gasteiger partial charge in [0.05, 0.1) is 5.69 Å². The maximum Gasteiger partial charge on any atom is 0.289 e. The fourth-order valence-electron chi connectivity index (χ4n) is 4.60. The van der Waals surface area contributed by atoms with Gasteiger partial charge >= 0.3 is 0 Å². The predicted molar refractivity (Wildman–Crippen MR) is 144 cm³/mol. The number of nitrogens with one attached hydrogen (secondary N) is 2. The van der Waals surface area contributed by atoms with Gasteiger partial charge < -0.3 is 10.2 Å². The number of hydrogen-bond acceptors (Lipinski definition) is 7. The highest BCUT2D eigenvalue weighted by Crippen LogP contribution is 2.24. The number of rotatable bonds is 7.